The average molecular weight is 448 g/mol. The number of anilines is 1. The molecule has 0 saturated carbocycles. The lowest BCUT2D eigenvalue weighted by atomic mass is 10.0. The Balaban J connectivity index is 1.86. The Morgan fingerprint density at radius 1 is 1.19 bits per heavy atom. The van der Waals surface area contributed by atoms with Crippen molar-refractivity contribution in [3.8, 4) is 5.75 Å². The van der Waals surface area contributed by atoms with Crippen molar-refractivity contribution in [1.29, 1.82) is 0 Å². The van der Waals surface area contributed by atoms with E-state index in [9.17, 15) is 18.0 Å². The molecule has 9 nitrogen and oxygen atoms in total. The molecule has 0 spiro atoms. The molecule has 1 heterocycles. The molecule has 0 unspecified atom stereocenters. The zero-order chi connectivity index (χ0) is 22.8. The number of amides is 1. The smallest absolute Gasteiger partial charge is 0.419 e. The van der Waals surface area contributed by atoms with Crippen molar-refractivity contribution in [2.45, 2.75) is 31.2 Å². The Hall–Kier alpha value is -3.11. The number of aromatic nitrogens is 1. The second-order valence-corrected chi connectivity index (χ2v) is 9.30. The summed E-state index contributed by atoms with van der Waals surface area (Å²) in [6, 6.07) is 9.91. The highest BCUT2D eigenvalue weighted by atomic mass is 32.2. The molecule has 1 amide bonds. The maximum Gasteiger partial charge on any atom is 0.419 e. The van der Waals surface area contributed by atoms with E-state index in [-0.39, 0.29) is 22.8 Å². The molecular weight excluding hydrogens is 422 g/mol. The third-order valence-electron chi connectivity index (χ3n) is 4.73. The molecule has 1 aromatic heterocycles. The van der Waals surface area contributed by atoms with Crippen molar-refractivity contribution in [2.75, 3.05) is 12.4 Å². The van der Waals surface area contributed by atoms with Crippen LogP contribution in [0.4, 0.5) is 5.69 Å². The van der Waals surface area contributed by atoms with Gasteiger partial charge in [-0.3, -0.25) is 9.36 Å². The SMILES string of the molecule is COc1cccc(NC(=O)[C@@H](CC(C)C)NS(=O)(=O)c2ccc3c(c2)oc(=O)n3C)c1. The van der Waals surface area contributed by atoms with Gasteiger partial charge in [-0.25, -0.2) is 13.2 Å². The van der Waals surface area contributed by atoms with E-state index in [1.54, 1.807) is 24.3 Å². The number of hydrogen-bond acceptors (Lipinski definition) is 6. The zero-order valence-corrected chi connectivity index (χ0v) is 18.5. The maximum absolute atomic E-state index is 13.0. The number of oxazole rings is 1. The fraction of sp³-hybridized carbons (Fsp3) is 0.333. The molecule has 0 bridgehead atoms. The van der Waals surface area contributed by atoms with Crippen molar-refractivity contribution < 1.29 is 22.4 Å². The summed E-state index contributed by atoms with van der Waals surface area (Å²) >= 11 is 0. The summed E-state index contributed by atoms with van der Waals surface area (Å²) in [4.78, 5) is 24.5. The number of ether oxygens (including phenoxy) is 1. The fourth-order valence-corrected chi connectivity index (χ4v) is 4.37. The van der Waals surface area contributed by atoms with Crippen LogP contribution in [0.15, 0.2) is 56.6 Å². The summed E-state index contributed by atoms with van der Waals surface area (Å²) in [5.74, 6) is -0.458. The monoisotopic (exact) mass is 447 g/mol. The topological polar surface area (TPSA) is 120 Å². The standard InChI is InChI=1S/C21H25N3O6S/c1-13(2)10-17(20(25)22-14-6-5-7-15(11-14)29-4)23-31(27,28)16-8-9-18-19(12-16)30-21(26)24(18)3/h5-9,11-13,17,23H,10H2,1-4H3,(H,22,25)/t17-/m1/s1. The molecular formula is C21H25N3O6S. The van der Waals surface area contributed by atoms with Gasteiger partial charge in [0.15, 0.2) is 5.58 Å². The Labute approximate surface area is 180 Å². The molecule has 166 valence electrons. The summed E-state index contributed by atoms with van der Waals surface area (Å²) in [5.41, 5.74) is 1.11. The zero-order valence-electron chi connectivity index (χ0n) is 17.7. The average Bonchev–Trinajstić information content (AvgIpc) is 3.00. The van der Waals surface area contributed by atoms with Gasteiger partial charge in [0.2, 0.25) is 15.9 Å². The van der Waals surface area contributed by atoms with E-state index in [1.807, 2.05) is 13.8 Å². The number of aryl methyl sites for hydroxylation is 1. The Bertz CT molecular complexity index is 1260. The van der Waals surface area contributed by atoms with Crippen LogP contribution in [0.1, 0.15) is 20.3 Å². The summed E-state index contributed by atoms with van der Waals surface area (Å²) < 4.78 is 39.9. The van der Waals surface area contributed by atoms with Crippen molar-refractivity contribution in [1.82, 2.24) is 9.29 Å². The van der Waals surface area contributed by atoms with Gasteiger partial charge in [-0.2, -0.15) is 4.72 Å². The normalized spacial score (nSPS) is 12.8. The van der Waals surface area contributed by atoms with Gasteiger partial charge < -0.3 is 14.5 Å². The van der Waals surface area contributed by atoms with Gasteiger partial charge in [0.05, 0.1) is 17.5 Å². The summed E-state index contributed by atoms with van der Waals surface area (Å²) in [6.45, 7) is 3.79. The Morgan fingerprint density at radius 3 is 2.61 bits per heavy atom. The lowest BCUT2D eigenvalue weighted by Crippen LogP contribution is -2.44. The molecule has 2 aromatic carbocycles. The van der Waals surface area contributed by atoms with Gasteiger partial charge >= 0.3 is 5.76 Å². The lowest BCUT2D eigenvalue weighted by Gasteiger charge is -2.20. The van der Waals surface area contributed by atoms with E-state index >= 15 is 0 Å². The number of methoxy groups -OCH3 is 1. The third-order valence-corrected chi connectivity index (χ3v) is 6.20. The molecule has 0 saturated heterocycles. The first kappa shape index (κ1) is 22.6. The fourth-order valence-electron chi connectivity index (χ4n) is 3.15. The number of sulfonamides is 1. The number of nitrogens with zero attached hydrogens (tertiary/aromatic N) is 1. The van der Waals surface area contributed by atoms with E-state index in [0.717, 1.165) is 0 Å². The second-order valence-electron chi connectivity index (χ2n) is 7.58. The summed E-state index contributed by atoms with van der Waals surface area (Å²) in [6.07, 6.45) is 0.289. The van der Waals surface area contributed by atoms with Gasteiger partial charge in [-0.1, -0.05) is 19.9 Å². The van der Waals surface area contributed by atoms with Crippen LogP contribution in [0.25, 0.3) is 11.1 Å². The van der Waals surface area contributed by atoms with E-state index < -0.39 is 27.7 Å². The molecule has 0 aliphatic heterocycles. The summed E-state index contributed by atoms with van der Waals surface area (Å²) in [7, 11) is -1.01. The molecule has 0 radical (unpaired) electrons. The molecule has 1 atom stereocenters. The van der Waals surface area contributed by atoms with Crippen LogP contribution in [0.5, 0.6) is 5.75 Å². The molecule has 0 aliphatic carbocycles. The predicted molar refractivity (Wildman–Crippen MR) is 117 cm³/mol. The number of carbonyl (C=O) groups is 1. The number of fused-ring (bicyclic) bond motifs is 1. The van der Waals surface area contributed by atoms with Crippen LogP contribution >= 0.6 is 0 Å². The Morgan fingerprint density at radius 2 is 1.94 bits per heavy atom. The van der Waals surface area contributed by atoms with Gasteiger partial charge in [0.1, 0.15) is 11.8 Å². The quantitative estimate of drug-likeness (QED) is 0.547. The Kier molecular flexibility index (Phi) is 6.51. The predicted octanol–water partition coefficient (Wildman–Crippen LogP) is 2.47. The molecule has 0 aliphatic rings. The van der Waals surface area contributed by atoms with Crippen LogP contribution in [0, 0.1) is 5.92 Å². The molecule has 0 fully saturated rings. The third kappa shape index (κ3) is 5.15. The number of rotatable bonds is 8. The highest BCUT2D eigenvalue weighted by Crippen LogP contribution is 2.21. The van der Waals surface area contributed by atoms with Crippen molar-refractivity contribution in [2.24, 2.45) is 13.0 Å². The van der Waals surface area contributed by atoms with Crippen LogP contribution < -0.4 is 20.5 Å². The summed E-state index contributed by atoms with van der Waals surface area (Å²) in [5, 5.41) is 2.73. The van der Waals surface area contributed by atoms with E-state index in [4.69, 9.17) is 9.15 Å². The largest absolute Gasteiger partial charge is 0.497 e. The number of benzene rings is 2. The van der Waals surface area contributed by atoms with Gasteiger partial charge in [0.25, 0.3) is 0 Å². The minimum absolute atomic E-state index is 0.0541. The number of carbonyl (C=O) groups excluding carboxylic acids is 1. The first-order valence-electron chi connectivity index (χ1n) is 9.67. The van der Waals surface area contributed by atoms with Gasteiger partial charge in [-0.15, -0.1) is 0 Å². The highest BCUT2D eigenvalue weighted by Gasteiger charge is 2.27. The van der Waals surface area contributed by atoms with E-state index in [0.29, 0.717) is 17.0 Å². The van der Waals surface area contributed by atoms with E-state index in [1.165, 1.54) is 36.9 Å². The van der Waals surface area contributed by atoms with Crippen molar-refractivity contribution in [3.63, 3.8) is 0 Å². The van der Waals surface area contributed by atoms with Crippen molar-refractivity contribution in [3.05, 3.63) is 53.0 Å². The van der Waals surface area contributed by atoms with Crippen LogP contribution in [0.2, 0.25) is 0 Å². The minimum atomic E-state index is -4.06. The minimum Gasteiger partial charge on any atom is -0.497 e. The van der Waals surface area contributed by atoms with Gasteiger partial charge in [0, 0.05) is 24.9 Å². The van der Waals surface area contributed by atoms with Crippen LogP contribution in [-0.4, -0.2) is 32.0 Å². The van der Waals surface area contributed by atoms with E-state index in [2.05, 4.69) is 10.0 Å². The van der Waals surface area contributed by atoms with Crippen LogP contribution in [0.3, 0.4) is 0 Å². The van der Waals surface area contributed by atoms with Crippen LogP contribution in [-0.2, 0) is 21.9 Å². The molecule has 2 N–H and O–H groups in total. The van der Waals surface area contributed by atoms with Crippen molar-refractivity contribution >= 4 is 32.7 Å². The number of nitrogens with one attached hydrogen (secondary N) is 2. The highest BCUT2D eigenvalue weighted by molar-refractivity contribution is 7.89. The lowest BCUT2D eigenvalue weighted by molar-refractivity contribution is -0.118. The molecule has 31 heavy (non-hydrogen) atoms. The number of hydrogen-bond donors (Lipinski definition) is 2. The maximum atomic E-state index is 13.0. The molecule has 3 aromatic rings. The first-order chi connectivity index (χ1) is 14.6. The second kappa shape index (κ2) is 8.94. The van der Waals surface area contributed by atoms with Gasteiger partial charge in [-0.05, 0) is 36.6 Å². The molecule has 3 rings (SSSR count). The first-order valence-corrected chi connectivity index (χ1v) is 11.2. The molecule has 10 heteroatoms.